The number of rotatable bonds is 9. The second-order valence-electron chi connectivity index (χ2n) is 5.16. The van der Waals surface area contributed by atoms with Crippen LogP contribution in [0.2, 0.25) is 0 Å². The van der Waals surface area contributed by atoms with Gasteiger partial charge in [0.05, 0.1) is 12.7 Å². The van der Waals surface area contributed by atoms with Gasteiger partial charge >= 0.3 is 12.0 Å². The van der Waals surface area contributed by atoms with Crippen LogP contribution in [0.25, 0.3) is 0 Å². The summed E-state index contributed by atoms with van der Waals surface area (Å²) < 4.78 is 11.2. The number of hydrogen-bond donors (Lipinski definition) is 1. The van der Waals surface area contributed by atoms with Crippen molar-refractivity contribution in [1.29, 1.82) is 0 Å². The Bertz CT molecular complexity index is 399. The van der Waals surface area contributed by atoms with Crippen LogP contribution in [0.1, 0.15) is 47.5 Å². The molecule has 6 heteroatoms. The first-order valence-corrected chi connectivity index (χ1v) is 7.34. The number of hydrogen-bond acceptors (Lipinski definition) is 6. The van der Waals surface area contributed by atoms with Gasteiger partial charge in [0.1, 0.15) is 0 Å². The lowest BCUT2D eigenvalue weighted by Gasteiger charge is -2.16. The lowest BCUT2D eigenvalue weighted by atomic mass is 10.1. The first-order chi connectivity index (χ1) is 9.55. The van der Waals surface area contributed by atoms with E-state index in [9.17, 15) is 0 Å². The molecule has 0 saturated carbocycles. The van der Waals surface area contributed by atoms with E-state index < -0.39 is 0 Å². The fraction of sp³-hybridized carbons (Fsp3) is 0.786. The second kappa shape index (κ2) is 8.55. The quantitative estimate of drug-likeness (QED) is 0.751. The Morgan fingerprint density at radius 2 is 1.75 bits per heavy atom. The van der Waals surface area contributed by atoms with Crippen LogP contribution in [0, 0.1) is 5.92 Å². The van der Waals surface area contributed by atoms with Crippen LogP contribution in [0.5, 0.6) is 12.0 Å². The van der Waals surface area contributed by atoms with Crippen molar-refractivity contribution < 1.29 is 9.47 Å². The third kappa shape index (κ3) is 6.04. The average Bonchev–Trinajstić information content (AvgIpc) is 2.35. The van der Waals surface area contributed by atoms with Gasteiger partial charge in [0.25, 0.3) is 0 Å². The van der Waals surface area contributed by atoms with Crippen molar-refractivity contribution in [2.24, 2.45) is 5.92 Å². The monoisotopic (exact) mass is 282 g/mol. The molecule has 1 heterocycles. The van der Waals surface area contributed by atoms with E-state index in [0.29, 0.717) is 30.5 Å². The molecule has 1 rings (SSSR count). The van der Waals surface area contributed by atoms with Crippen LogP contribution < -0.4 is 14.8 Å². The van der Waals surface area contributed by atoms with Gasteiger partial charge in [-0.25, -0.2) is 0 Å². The lowest BCUT2D eigenvalue weighted by Crippen LogP contribution is -2.17. The van der Waals surface area contributed by atoms with E-state index in [4.69, 9.17) is 9.47 Å². The molecule has 0 spiro atoms. The molecule has 1 atom stereocenters. The molecule has 0 saturated heterocycles. The number of aromatic nitrogens is 3. The van der Waals surface area contributed by atoms with Crippen molar-refractivity contribution >= 4 is 5.95 Å². The highest BCUT2D eigenvalue weighted by Crippen LogP contribution is 2.16. The zero-order valence-corrected chi connectivity index (χ0v) is 13.1. The second-order valence-corrected chi connectivity index (χ2v) is 5.16. The Labute approximate surface area is 121 Å². The molecule has 0 fully saturated rings. The summed E-state index contributed by atoms with van der Waals surface area (Å²) in [6, 6.07) is 0.625. The molecule has 0 aromatic carbocycles. The van der Waals surface area contributed by atoms with Crippen LogP contribution in [-0.4, -0.2) is 34.2 Å². The van der Waals surface area contributed by atoms with Crippen LogP contribution >= 0.6 is 0 Å². The van der Waals surface area contributed by atoms with Gasteiger partial charge in [-0.2, -0.15) is 9.97 Å². The van der Waals surface area contributed by atoms with Crippen LogP contribution in [-0.2, 0) is 0 Å². The molecule has 6 nitrogen and oxygen atoms in total. The highest BCUT2D eigenvalue weighted by atomic mass is 16.5. The van der Waals surface area contributed by atoms with Gasteiger partial charge in [-0.05, 0) is 32.6 Å². The smallest absolute Gasteiger partial charge is 0.324 e. The van der Waals surface area contributed by atoms with E-state index in [2.05, 4.69) is 34.1 Å². The Morgan fingerprint density at radius 1 is 1.05 bits per heavy atom. The normalized spacial score (nSPS) is 12.3. The molecule has 1 aromatic heterocycles. The highest BCUT2D eigenvalue weighted by molar-refractivity contribution is 5.27. The zero-order valence-electron chi connectivity index (χ0n) is 13.1. The molecule has 0 aliphatic carbocycles. The minimum atomic E-state index is 0.0610. The first-order valence-electron chi connectivity index (χ1n) is 7.34. The number of nitrogens with zero attached hydrogens (tertiary/aromatic N) is 3. The predicted molar refractivity (Wildman–Crippen MR) is 79.3 cm³/mol. The third-order valence-corrected chi connectivity index (χ3v) is 2.47. The van der Waals surface area contributed by atoms with E-state index in [1.807, 2.05) is 20.8 Å². The molecular weight excluding hydrogens is 256 g/mol. The summed E-state index contributed by atoms with van der Waals surface area (Å²) in [6.07, 6.45) is 1.92. The number of ether oxygens (including phenoxy) is 2. The van der Waals surface area contributed by atoms with Crippen molar-refractivity contribution in [2.45, 2.75) is 53.6 Å². The Hall–Kier alpha value is -1.59. The van der Waals surface area contributed by atoms with E-state index in [1.165, 1.54) is 0 Å². The molecule has 0 aliphatic rings. The van der Waals surface area contributed by atoms with Gasteiger partial charge in [-0.1, -0.05) is 20.8 Å². The zero-order chi connectivity index (χ0) is 15.0. The maximum absolute atomic E-state index is 5.75. The molecule has 20 heavy (non-hydrogen) atoms. The van der Waals surface area contributed by atoms with Crippen LogP contribution in [0.4, 0.5) is 5.95 Å². The molecule has 0 amide bonds. The average molecular weight is 282 g/mol. The van der Waals surface area contributed by atoms with Crippen molar-refractivity contribution in [1.82, 2.24) is 15.0 Å². The topological polar surface area (TPSA) is 69.2 Å². The number of nitrogens with one attached hydrogen (secondary N) is 1. The molecule has 1 N–H and O–H groups in total. The molecule has 0 aliphatic heterocycles. The van der Waals surface area contributed by atoms with Gasteiger partial charge in [0, 0.05) is 6.54 Å². The van der Waals surface area contributed by atoms with Gasteiger partial charge in [-0.15, -0.1) is 4.98 Å². The minimum absolute atomic E-state index is 0.0610. The third-order valence-electron chi connectivity index (χ3n) is 2.47. The summed E-state index contributed by atoms with van der Waals surface area (Å²) in [4.78, 5) is 12.6. The Balaban J connectivity index is 2.79. The van der Waals surface area contributed by atoms with E-state index >= 15 is 0 Å². The minimum Gasteiger partial charge on any atom is -0.463 e. The van der Waals surface area contributed by atoms with E-state index in [1.54, 1.807) is 0 Å². The summed E-state index contributed by atoms with van der Waals surface area (Å²) in [5, 5.41) is 3.06. The van der Waals surface area contributed by atoms with E-state index in [-0.39, 0.29) is 6.10 Å². The first kappa shape index (κ1) is 16.5. The summed E-state index contributed by atoms with van der Waals surface area (Å²) in [5.41, 5.74) is 0. The Morgan fingerprint density at radius 3 is 2.35 bits per heavy atom. The van der Waals surface area contributed by atoms with Crippen LogP contribution in [0.3, 0.4) is 0 Å². The summed E-state index contributed by atoms with van der Waals surface area (Å²) in [7, 11) is 0. The Kier molecular flexibility index (Phi) is 7.04. The number of anilines is 1. The molecule has 1 aromatic rings. The SMILES string of the molecule is CCCOc1nc(NCC)nc(OC(C)CC(C)C)n1. The molecule has 0 radical (unpaired) electrons. The molecular formula is C14H26N4O2. The van der Waals surface area contributed by atoms with Crippen molar-refractivity contribution in [2.75, 3.05) is 18.5 Å². The maximum atomic E-state index is 5.75. The lowest BCUT2D eigenvalue weighted by molar-refractivity contribution is 0.173. The van der Waals surface area contributed by atoms with Gasteiger partial charge in [0.15, 0.2) is 0 Å². The molecule has 0 bridgehead atoms. The van der Waals surface area contributed by atoms with Crippen LogP contribution in [0.15, 0.2) is 0 Å². The fourth-order valence-corrected chi connectivity index (χ4v) is 1.78. The highest BCUT2D eigenvalue weighted by Gasteiger charge is 2.12. The summed E-state index contributed by atoms with van der Waals surface area (Å²) in [6.45, 7) is 11.7. The van der Waals surface area contributed by atoms with Crippen molar-refractivity contribution in [3.05, 3.63) is 0 Å². The fourth-order valence-electron chi connectivity index (χ4n) is 1.78. The maximum Gasteiger partial charge on any atom is 0.324 e. The van der Waals surface area contributed by atoms with Crippen molar-refractivity contribution in [3.8, 4) is 12.0 Å². The van der Waals surface area contributed by atoms with Crippen molar-refractivity contribution in [3.63, 3.8) is 0 Å². The van der Waals surface area contributed by atoms with E-state index in [0.717, 1.165) is 19.4 Å². The molecule has 1 unspecified atom stereocenters. The van der Waals surface area contributed by atoms with Gasteiger partial charge < -0.3 is 14.8 Å². The standard InChI is InChI=1S/C14H26N4O2/c1-6-8-19-13-16-12(15-7-2)17-14(18-13)20-11(5)9-10(3)4/h10-11H,6-9H2,1-5H3,(H,15,16,17,18). The largest absolute Gasteiger partial charge is 0.463 e. The van der Waals surface area contributed by atoms with Gasteiger partial charge in [-0.3, -0.25) is 0 Å². The molecule has 114 valence electrons. The summed E-state index contributed by atoms with van der Waals surface area (Å²) in [5.74, 6) is 1.05. The summed E-state index contributed by atoms with van der Waals surface area (Å²) >= 11 is 0. The predicted octanol–water partition coefficient (Wildman–Crippen LogP) is 2.91. The van der Waals surface area contributed by atoms with Gasteiger partial charge in [0.2, 0.25) is 5.95 Å².